The second-order valence-corrected chi connectivity index (χ2v) is 7.09. The number of para-hydroxylation sites is 1. The molecule has 1 amide bonds. The maximum Gasteiger partial charge on any atom is 0.268 e. The Morgan fingerprint density at radius 1 is 1.25 bits per heavy atom. The van der Waals surface area contributed by atoms with Crippen LogP contribution in [0.5, 0.6) is 11.5 Å². The molecule has 0 fully saturated rings. The number of carbonyl (C=O) groups is 1. The van der Waals surface area contributed by atoms with Crippen LogP contribution in [0.1, 0.15) is 42.2 Å². The minimum absolute atomic E-state index is 0.0606. The zero-order chi connectivity index (χ0) is 19.8. The first kappa shape index (κ1) is 18.1. The molecule has 0 spiro atoms. The normalized spacial score (nSPS) is 15.0. The highest BCUT2D eigenvalue weighted by Crippen LogP contribution is 2.36. The van der Waals surface area contributed by atoms with Crippen molar-refractivity contribution in [3.8, 4) is 11.5 Å². The summed E-state index contributed by atoms with van der Waals surface area (Å²) in [5.74, 6) is -0.185. The first-order chi connectivity index (χ1) is 13.5. The van der Waals surface area contributed by atoms with Gasteiger partial charge in [-0.05, 0) is 55.7 Å². The molecule has 1 aliphatic rings. The van der Waals surface area contributed by atoms with Gasteiger partial charge in [0, 0.05) is 17.1 Å². The van der Waals surface area contributed by atoms with Crippen LogP contribution >= 0.6 is 0 Å². The van der Waals surface area contributed by atoms with E-state index in [2.05, 4.69) is 5.32 Å². The molecule has 0 saturated heterocycles. The Hall–Kier alpha value is -3.28. The van der Waals surface area contributed by atoms with Crippen LogP contribution < -0.4 is 15.6 Å². The molecule has 2 N–H and O–H groups in total. The number of hydrogen-bond donors (Lipinski definition) is 2. The highest BCUT2D eigenvalue weighted by Gasteiger charge is 2.29. The molecule has 1 aliphatic heterocycles. The second kappa shape index (κ2) is 7.03. The standard InChI is InChI=1S/C22H22N2O4/c1-3-11-28-16-9-7-15(8-10-16)23-21(26)18-20(25)17-6-4-5-14-12-13(2)24(19(14)17)22(18)27/h4-10,13,25H,3,11-12H2,1-2H3,(H,23,26)/t13-/m0/s1. The molecular weight excluding hydrogens is 356 g/mol. The van der Waals surface area contributed by atoms with E-state index in [0.29, 0.717) is 35.4 Å². The summed E-state index contributed by atoms with van der Waals surface area (Å²) in [7, 11) is 0. The predicted octanol–water partition coefficient (Wildman–Crippen LogP) is 3.87. The molecule has 0 unspecified atom stereocenters. The third kappa shape index (κ3) is 2.91. The lowest BCUT2D eigenvalue weighted by Crippen LogP contribution is -2.30. The molecule has 0 aliphatic carbocycles. The zero-order valence-electron chi connectivity index (χ0n) is 15.9. The quantitative estimate of drug-likeness (QED) is 0.706. The van der Waals surface area contributed by atoms with Gasteiger partial charge in [-0.3, -0.25) is 9.59 Å². The molecule has 28 heavy (non-hydrogen) atoms. The molecule has 2 heterocycles. The Bertz CT molecular complexity index is 1120. The molecule has 0 saturated carbocycles. The Morgan fingerprint density at radius 3 is 2.71 bits per heavy atom. The number of aromatic hydroxyl groups is 1. The number of pyridine rings is 1. The van der Waals surface area contributed by atoms with Crippen LogP contribution in [0.4, 0.5) is 5.69 Å². The van der Waals surface area contributed by atoms with Gasteiger partial charge >= 0.3 is 0 Å². The van der Waals surface area contributed by atoms with Gasteiger partial charge in [0.1, 0.15) is 17.1 Å². The number of benzene rings is 2. The summed E-state index contributed by atoms with van der Waals surface area (Å²) in [5.41, 5.74) is 1.54. The van der Waals surface area contributed by atoms with Gasteiger partial charge in [-0.25, -0.2) is 0 Å². The van der Waals surface area contributed by atoms with Crippen LogP contribution in [-0.2, 0) is 6.42 Å². The largest absolute Gasteiger partial charge is 0.506 e. The smallest absolute Gasteiger partial charge is 0.268 e. The van der Waals surface area contributed by atoms with Gasteiger partial charge in [0.05, 0.1) is 12.1 Å². The first-order valence-electron chi connectivity index (χ1n) is 9.44. The van der Waals surface area contributed by atoms with E-state index < -0.39 is 11.5 Å². The van der Waals surface area contributed by atoms with E-state index in [4.69, 9.17) is 4.74 Å². The second-order valence-electron chi connectivity index (χ2n) is 7.09. The van der Waals surface area contributed by atoms with Gasteiger partial charge in [0.2, 0.25) is 0 Å². The Balaban J connectivity index is 1.70. The maximum atomic E-state index is 13.0. The van der Waals surface area contributed by atoms with E-state index in [1.54, 1.807) is 34.9 Å². The number of hydrogen-bond acceptors (Lipinski definition) is 4. The fraction of sp³-hybridized carbons (Fsp3) is 0.273. The summed E-state index contributed by atoms with van der Waals surface area (Å²) in [6.45, 7) is 4.59. The number of aromatic nitrogens is 1. The lowest BCUT2D eigenvalue weighted by atomic mass is 10.1. The number of ether oxygens (including phenoxy) is 1. The summed E-state index contributed by atoms with van der Waals surface area (Å²) >= 11 is 0. The Labute approximate surface area is 162 Å². The summed E-state index contributed by atoms with van der Waals surface area (Å²) < 4.78 is 7.14. The van der Waals surface area contributed by atoms with Gasteiger partial charge in [-0.15, -0.1) is 0 Å². The van der Waals surface area contributed by atoms with Crippen molar-refractivity contribution in [2.24, 2.45) is 0 Å². The summed E-state index contributed by atoms with van der Waals surface area (Å²) in [6, 6.07) is 12.4. The number of nitrogens with one attached hydrogen (secondary N) is 1. The lowest BCUT2D eigenvalue weighted by Gasteiger charge is -2.14. The van der Waals surface area contributed by atoms with Crippen molar-refractivity contribution >= 4 is 22.5 Å². The van der Waals surface area contributed by atoms with E-state index in [-0.39, 0.29) is 17.4 Å². The molecule has 0 radical (unpaired) electrons. The van der Waals surface area contributed by atoms with Crippen LogP contribution in [0, 0.1) is 0 Å². The molecule has 0 bridgehead atoms. The summed E-state index contributed by atoms with van der Waals surface area (Å²) in [6.07, 6.45) is 1.61. The van der Waals surface area contributed by atoms with Gasteiger partial charge < -0.3 is 19.7 Å². The number of anilines is 1. The van der Waals surface area contributed by atoms with Crippen LogP contribution in [-0.4, -0.2) is 22.2 Å². The number of nitrogens with zero attached hydrogens (tertiary/aromatic N) is 1. The van der Waals surface area contributed by atoms with Crippen molar-refractivity contribution in [2.45, 2.75) is 32.7 Å². The van der Waals surface area contributed by atoms with Crippen LogP contribution in [0.15, 0.2) is 47.3 Å². The maximum absolute atomic E-state index is 13.0. The molecule has 6 nitrogen and oxygen atoms in total. The van der Waals surface area contributed by atoms with Crippen molar-refractivity contribution < 1.29 is 14.6 Å². The third-order valence-corrected chi connectivity index (χ3v) is 5.05. The topological polar surface area (TPSA) is 80.6 Å². The minimum atomic E-state index is -0.625. The molecule has 2 aromatic carbocycles. The van der Waals surface area contributed by atoms with Gasteiger partial charge in [-0.2, -0.15) is 0 Å². The van der Waals surface area contributed by atoms with E-state index >= 15 is 0 Å². The summed E-state index contributed by atoms with van der Waals surface area (Å²) in [5, 5.41) is 13.9. The fourth-order valence-corrected chi connectivity index (χ4v) is 3.77. The van der Waals surface area contributed by atoms with Crippen LogP contribution in [0.25, 0.3) is 10.9 Å². The van der Waals surface area contributed by atoms with Crippen molar-refractivity contribution in [3.05, 3.63) is 63.9 Å². The Kier molecular flexibility index (Phi) is 4.55. The number of carbonyl (C=O) groups excluding carboxylic acids is 1. The molecule has 1 aromatic heterocycles. The fourth-order valence-electron chi connectivity index (χ4n) is 3.77. The summed E-state index contributed by atoms with van der Waals surface area (Å²) in [4.78, 5) is 25.8. The highest BCUT2D eigenvalue weighted by molar-refractivity contribution is 6.09. The molecule has 144 valence electrons. The number of amides is 1. The van der Waals surface area contributed by atoms with E-state index in [1.165, 1.54) is 0 Å². The SMILES string of the molecule is CCCOc1ccc(NC(=O)c2c(O)c3cccc4c3n(c2=O)[C@@H](C)C4)cc1. The zero-order valence-corrected chi connectivity index (χ0v) is 15.9. The van der Waals surface area contributed by atoms with Gasteiger partial charge in [0.15, 0.2) is 0 Å². The van der Waals surface area contributed by atoms with Gasteiger partial charge in [0.25, 0.3) is 11.5 Å². The van der Waals surface area contributed by atoms with E-state index in [0.717, 1.165) is 12.0 Å². The average molecular weight is 378 g/mol. The first-order valence-corrected chi connectivity index (χ1v) is 9.44. The van der Waals surface area contributed by atoms with E-state index in [9.17, 15) is 14.7 Å². The predicted molar refractivity (Wildman–Crippen MR) is 108 cm³/mol. The molecule has 3 aromatic rings. The van der Waals surface area contributed by atoms with Crippen LogP contribution in [0.3, 0.4) is 0 Å². The molecule has 4 rings (SSSR count). The average Bonchev–Trinajstić information content (AvgIpc) is 3.02. The van der Waals surface area contributed by atoms with Crippen molar-refractivity contribution in [1.82, 2.24) is 4.57 Å². The third-order valence-electron chi connectivity index (χ3n) is 5.05. The van der Waals surface area contributed by atoms with E-state index in [1.807, 2.05) is 26.0 Å². The Morgan fingerprint density at radius 2 is 2.00 bits per heavy atom. The molecule has 6 heteroatoms. The molecule has 1 atom stereocenters. The van der Waals surface area contributed by atoms with Crippen molar-refractivity contribution in [1.29, 1.82) is 0 Å². The highest BCUT2D eigenvalue weighted by atomic mass is 16.5. The monoisotopic (exact) mass is 378 g/mol. The minimum Gasteiger partial charge on any atom is -0.506 e. The lowest BCUT2D eigenvalue weighted by molar-refractivity contribution is 0.102. The van der Waals surface area contributed by atoms with Crippen LogP contribution in [0.2, 0.25) is 0 Å². The van der Waals surface area contributed by atoms with Crippen molar-refractivity contribution in [2.75, 3.05) is 11.9 Å². The van der Waals surface area contributed by atoms with Gasteiger partial charge in [-0.1, -0.05) is 19.1 Å². The number of rotatable bonds is 5. The van der Waals surface area contributed by atoms with Crippen molar-refractivity contribution in [3.63, 3.8) is 0 Å². The molecular formula is C22H22N2O4.